The van der Waals surface area contributed by atoms with Crippen molar-refractivity contribution in [2.45, 2.75) is 19.1 Å². The molecule has 0 spiro atoms. The number of alkyl halides is 3. The summed E-state index contributed by atoms with van der Waals surface area (Å²) in [4.78, 5) is 5.71. The molecule has 0 aliphatic carbocycles. The zero-order valence-electron chi connectivity index (χ0n) is 13.5. The highest BCUT2D eigenvalue weighted by Gasteiger charge is 2.31. The lowest BCUT2D eigenvalue weighted by atomic mass is 10.0. The Morgan fingerprint density at radius 2 is 2.08 bits per heavy atom. The second-order valence-electron chi connectivity index (χ2n) is 5.51. The molecule has 1 aromatic heterocycles. The van der Waals surface area contributed by atoms with Crippen LogP contribution in [-0.4, -0.2) is 30.5 Å². The minimum Gasteiger partial charge on any atom is -0.424 e. The summed E-state index contributed by atoms with van der Waals surface area (Å²) >= 11 is 0. The molecule has 0 aliphatic heterocycles. The molecule has 2 aromatic rings. The van der Waals surface area contributed by atoms with E-state index in [0.717, 1.165) is 12.1 Å². The van der Waals surface area contributed by atoms with Crippen LogP contribution in [0.2, 0.25) is 0 Å². The zero-order valence-corrected chi connectivity index (χ0v) is 13.5. The van der Waals surface area contributed by atoms with Crippen LogP contribution < -0.4 is 5.32 Å². The molecule has 2 rings (SSSR count). The quantitative estimate of drug-likeness (QED) is 0.902. The first-order valence-corrected chi connectivity index (χ1v) is 7.17. The lowest BCUT2D eigenvalue weighted by molar-refractivity contribution is -0.137. The van der Waals surface area contributed by atoms with Gasteiger partial charge in [0.1, 0.15) is 6.07 Å². The number of hydrogen-bond acceptors (Lipinski definition) is 5. The van der Waals surface area contributed by atoms with Crippen LogP contribution in [0.1, 0.15) is 28.8 Å². The number of aromatic nitrogens is 1. The summed E-state index contributed by atoms with van der Waals surface area (Å²) in [5.74, 6) is 0.559. The van der Waals surface area contributed by atoms with Gasteiger partial charge in [-0.2, -0.15) is 18.4 Å². The largest absolute Gasteiger partial charge is 0.424 e. The van der Waals surface area contributed by atoms with Gasteiger partial charge in [0, 0.05) is 13.5 Å². The van der Waals surface area contributed by atoms with Crippen molar-refractivity contribution >= 4 is 5.88 Å². The molecule has 0 amide bonds. The minimum absolute atomic E-state index is 0.119. The van der Waals surface area contributed by atoms with Gasteiger partial charge < -0.3 is 14.6 Å². The van der Waals surface area contributed by atoms with Gasteiger partial charge in [-0.3, -0.25) is 0 Å². The first kappa shape index (κ1) is 17.8. The van der Waals surface area contributed by atoms with Crippen LogP contribution in [0.25, 0.3) is 0 Å². The smallest absolute Gasteiger partial charge is 0.416 e. The van der Waals surface area contributed by atoms with Crippen LogP contribution in [0.15, 0.2) is 28.7 Å². The summed E-state index contributed by atoms with van der Waals surface area (Å²) in [7, 11) is 3.53. The maximum absolute atomic E-state index is 12.9. The Hall–Kier alpha value is -2.53. The van der Waals surface area contributed by atoms with Gasteiger partial charge in [-0.25, -0.2) is 4.98 Å². The van der Waals surface area contributed by atoms with Crippen molar-refractivity contribution in [2.75, 3.05) is 26.0 Å². The Labute approximate surface area is 137 Å². The summed E-state index contributed by atoms with van der Waals surface area (Å²) in [5, 5.41) is 11.9. The van der Waals surface area contributed by atoms with Crippen LogP contribution in [0.3, 0.4) is 0 Å². The maximum atomic E-state index is 12.9. The van der Waals surface area contributed by atoms with Crippen LogP contribution in [0.4, 0.5) is 19.1 Å². The van der Waals surface area contributed by atoms with E-state index in [0.29, 0.717) is 11.5 Å². The molecule has 0 unspecified atom stereocenters. The van der Waals surface area contributed by atoms with Crippen LogP contribution in [0.5, 0.6) is 0 Å². The molecule has 8 heteroatoms. The third-order valence-corrected chi connectivity index (χ3v) is 3.52. The molecule has 1 atom stereocenters. The Kier molecular flexibility index (Phi) is 5.14. The second kappa shape index (κ2) is 6.93. The Balaban J connectivity index is 2.23. The van der Waals surface area contributed by atoms with E-state index in [9.17, 15) is 13.2 Å². The first-order valence-electron chi connectivity index (χ1n) is 7.17. The summed E-state index contributed by atoms with van der Waals surface area (Å²) < 4.78 is 44.0. The van der Waals surface area contributed by atoms with Crippen molar-refractivity contribution in [1.82, 2.24) is 9.88 Å². The predicted octanol–water partition coefficient (Wildman–Crippen LogP) is 3.59. The first-order chi connectivity index (χ1) is 11.2. The summed E-state index contributed by atoms with van der Waals surface area (Å²) in [6.07, 6.45) is -4.39. The highest BCUT2D eigenvalue weighted by molar-refractivity contribution is 5.45. The van der Waals surface area contributed by atoms with Crippen molar-refractivity contribution < 1.29 is 17.6 Å². The van der Waals surface area contributed by atoms with E-state index in [-0.39, 0.29) is 24.2 Å². The van der Waals surface area contributed by atoms with E-state index in [1.807, 2.05) is 6.07 Å². The Morgan fingerprint density at radius 3 is 2.67 bits per heavy atom. The van der Waals surface area contributed by atoms with E-state index < -0.39 is 11.7 Å². The normalized spacial score (nSPS) is 12.9. The lowest BCUT2D eigenvalue weighted by Gasteiger charge is -2.25. The number of benzene rings is 1. The highest BCUT2D eigenvalue weighted by Crippen LogP contribution is 2.31. The summed E-state index contributed by atoms with van der Waals surface area (Å²) in [5.41, 5.74) is -0.0637. The fourth-order valence-corrected chi connectivity index (χ4v) is 2.33. The molecule has 0 fully saturated rings. The fourth-order valence-electron chi connectivity index (χ4n) is 2.33. The third-order valence-electron chi connectivity index (χ3n) is 3.52. The minimum atomic E-state index is -4.39. The monoisotopic (exact) mass is 338 g/mol. The number of nitrogens with one attached hydrogen (secondary N) is 1. The molecule has 1 heterocycles. The van der Waals surface area contributed by atoms with E-state index in [1.165, 1.54) is 6.07 Å². The average molecular weight is 338 g/mol. The molecule has 128 valence electrons. The maximum Gasteiger partial charge on any atom is 0.416 e. The zero-order chi connectivity index (χ0) is 17.9. The topological polar surface area (TPSA) is 65.1 Å². The summed E-state index contributed by atoms with van der Waals surface area (Å²) in [6, 6.07) is 6.75. The van der Waals surface area contributed by atoms with Gasteiger partial charge in [0.15, 0.2) is 5.89 Å². The van der Waals surface area contributed by atoms with E-state index in [4.69, 9.17) is 9.68 Å². The number of aryl methyl sites for hydroxylation is 1. The standard InChI is InChI=1S/C16H17F3N4O/c1-10-22-13(8-20)15(24-10)21-9-14(23(2)3)11-5-4-6-12(7-11)16(17,18)19/h4-7,14,21H,9H2,1-3H3/t14-/m0/s1. The molecule has 0 radical (unpaired) electrons. The van der Waals surface area contributed by atoms with E-state index in [2.05, 4.69) is 10.3 Å². The molecule has 24 heavy (non-hydrogen) atoms. The lowest BCUT2D eigenvalue weighted by Crippen LogP contribution is -2.27. The number of nitrogens with zero attached hydrogens (tertiary/aromatic N) is 3. The Morgan fingerprint density at radius 1 is 1.38 bits per heavy atom. The average Bonchev–Trinajstić information content (AvgIpc) is 2.86. The van der Waals surface area contributed by atoms with Gasteiger partial charge >= 0.3 is 6.18 Å². The Bertz CT molecular complexity index is 747. The highest BCUT2D eigenvalue weighted by atomic mass is 19.4. The molecular weight excluding hydrogens is 321 g/mol. The molecule has 0 saturated heterocycles. The van der Waals surface area contributed by atoms with Crippen molar-refractivity contribution in [2.24, 2.45) is 0 Å². The van der Waals surface area contributed by atoms with Crippen LogP contribution in [-0.2, 0) is 6.18 Å². The molecule has 1 aromatic carbocycles. The van der Waals surface area contributed by atoms with Crippen molar-refractivity contribution in [1.29, 1.82) is 5.26 Å². The van der Waals surface area contributed by atoms with Crippen LogP contribution >= 0.6 is 0 Å². The van der Waals surface area contributed by atoms with Gasteiger partial charge in [-0.1, -0.05) is 12.1 Å². The number of nitriles is 1. The number of hydrogen-bond donors (Lipinski definition) is 1. The van der Waals surface area contributed by atoms with Crippen molar-refractivity contribution in [3.63, 3.8) is 0 Å². The number of rotatable bonds is 5. The van der Waals surface area contributed by atoms with E-state index in [1.54, 1.807) is 32.0 Å². The molecule has 0 saturated carbocycles. The molecular formula is C16H17F3N4O. The molecule has 1 N–H and O–H groups in total. The number of likely N-dealkylation sites (N-methyl/N-ethyl adjacent to an activating group) is 1. The van der Waals surface area contributed by atoms with Gasteiger partial charge in [-0.15, -0.1) is 0 Å². The van der Waals surface area contributed by atoms with Crippen LogP contribution in [0, 0.1) is 18.3 Å². The summed E-state index contributed by atoms with van der Waals surface area (Å²) in [6.45, 7) is 1.87. The van der Waals surface area contributed by atoms with Gasteiger partial charge in [0.2, 0.25) is 11.6 Å². The molecule has 5 nitrogen and oxygen atoms in total. The van der Waals surface area contributed by atoms with Gasteiger partial charge in [-0.05, 0) is 31.8 Å². The van der Waals surface area contributed by atoms with Crippen molar-refractivity contribution in [3.8, 4) is 6.07 Å². The number of anilines is 1. The number of halogens is 3. The SMILES string of the molecule is Cc1nc(C#N)c(NC[C@@H](c2cccc(C(F)(F)F)c2)N(C)C)o1. The molecule has 0 aliphatic rings. The van der Waals surface area contributed by atoms with Gasteiger partial charge in [0.05, 0.1) is 11.6 Å². The predicted molar refractivity (Wildman–Crippen MR) is 82.3 cm³/mol. The third kappa shape index (κ3) is 4.06. The molecule has 0 bridgehead atoms. The fraction of sp³-hybridized carbons (Fsp3) is 0.375. The van der Waals surface area contributed by atoms with Crippen molar-refractivity contribution in [3.05, 3.63) is 47.0 Å². The number of oxazole rings is 1. The van der Waals surface area contributed by atoms with Gasteiger partial charge in [0.25, 0.3) is 0 Å². The van der Waals surface area contributed by atoms with E-state index >= 15 is 0 Å². The second-order valence-corrected chi connectivity index (χ2v) is 5.51.